The monoisotopic (exact) mass is 155 g/mol. The second kappa shape index (κ2) is 3.39. The summed E-state index contributed by atoms with van der Waals surface area (Å²) in [6.45, 7) is 5.11. The fraction of sp³-hybridized carbons (Fsp3) is 0.571. The lowest BCUT2D eigenvalue weighted by Gasteiger charge is -2.02. The quantitative estimate of drug-likeness (QED) is 0.647. The molecule has 0 saturated heterocycles. The summed E-state index contributed by atoms with van der Waals surface area (Å²) >= 11 is 0. The van der Waals surface area contributed by atoms with E-state index in [1.165, 1.54) is 0 Å². The van der Waals surface area contributed by atoms with Crippen molar-refractivity contribution in [2.24, 2.45) is 5.92 Å². The molecule has 0 atom stereocenters. The van der Waals surface area contributed by atoms with Crippen LogP contribution in [0.1, 0.15) is 13.8 Å². The Balaban J connectivity index is 2.58. The topological polar surface area (TPSA) is 50.1 Å². The van der Waals surface area contributed by atoms with Gasteiger partial charge in [-0.3, -0.25) is 15.4 Å². The summed E-state index contributed by atoms with van der Waals surface area (Å²) in [5.41, 5.74) is 2.67. The highest BCUT2D eigenvalue weighted by molar-refractivity contribution is 5.34. The molecule has 0 aliphatic rings. The molecule has 2 N–H and O–H groups in total. The molecule has 0 spiro atoms. The van der Waals surface area contributed by atoms with Crippen molar-refractivity contribution in [3.8, 4) is 0 Å². The van der Waals surface area contributed by atoms with Gasteiger partial charge in [0.05, 0.1) is 18.1 Å². The number of aromatic nitrogens is 2. The summed E-state index contributed by atoms with van der Waals surface area (Å²) in [4.78, 5) is 0. The zero-order valence-electron chi connectivity index (χ0n) is 6.78. The Labute approximate surface area is 65.8 Å². The van der Waals surface area contributed by atoms with Crippen molar-refractivity contribution in [2.75, 3.05) is 5.48 Å². The molecule has 0 aliphatic carbocycles. The number of hydrogen-bond donors (Lipinski definition) is 2. The molecule has 0 aliphatic heterocycles. The third kappa shape index (κ3) is 2.23. The highest BCUT2D eigenvalue weighted by Gasteiger charge is 1.98. The van der Waals surface area contributed by atoms with Crippen molar-refractivity contribution in [3.63, 3.8) is 0 Å². The third-order valence-corrected chi connectivity index (χ3v) is 1.31. The number of hydrogen-bond acceptors (Lipinski definition) is 3. The minimum absolute atomic E-state index is 0.571. The van der Waals surface area contributed by atoms with Gasteiger partial charge in [0, 0.05) is 6.54 Å². The van der Waals surface area contributed by atoms with Crippen LogP contribution in [-0.4, -0.2) is 15.0 Å². The fourth-order valence-corrected chi connectivity index (χ4v) is 0.895. The van der Waals surface area contributed by atoms with Gasteiger partial charge in [0.2, 0.25) is 0 Å². The van der Waals surface area contributed by atoms with Crippen LogP contribution >= 0.6 is 0 Å². The fourth-order valence-electron chi connectivity index (χ4n) is 0.895. The Morgan fingerprint density at radius 1 is 1.73 bits per heavy atom. The smallest absolute Gasteiger partial charge is 0.0981 e. The molecule has 1 aromatic heterocycles. The first-order valence-electron chi connectivity index (χ1n) is 3.65. The number of anilines is 1. The first-order valence-corrected chi connectivity index (χ1v) is 3.65. The lowest BCUT2D eigenvalue weighted by atomic mass is 10.2. The van der Waals surface area contributed by atoms with Gasteiger partial charge in [-0.2, -0.15) is 5.10 Å². The summed E-state index contributed by atoms with van der Waals surface area (Å²) in [7, 11) is 0. The van der Waals surface area contributed by atoms with Crippen LogP contribution in [0.5, 0.6) is 0 Å². The predicted molar refractivity (Wildman–Crippen MR) is 42.5 cm³/mol. The van der Waals surface area contributed by atoms with Crippen LogP contribution in [0.25, 0.3) is 0 Å². The molecule has 0 amide bonds. The van der Waals surface area contributed by atoms with Gasteiger partial charge >= 0.3 is 0 Å². The van der Waals surface area contributed by atoms with E-state index in [4.69, 9.17) is 5.21 Å². The van der Waals surface area contributed by atoms with E-state index in [2.05, 4.69) is 18.9 Å². The van der Waals surface area contributed by atoms with E-state index in [9.17, 15) is 0 Å². The minimum atomic E-state index is 0.571. The lowest BCUT2D eigenvalue weighted by molar-refractivity contribution is 0.388. The molecule has 1 aromatic rings. The summed E-state index contributed by atoms with van der Waals surface area (Å²) in [6, 6.07) is 0. The SMILES string of the molecule is CC(C)Cn1cc(NO)cn1. The molecule has 1 rings (SSSR count). The molecule has 62 valence electrons. The van der Waals surface area contributed by atoms with Crippen molar-refractivity contribution < 1.29 is 5.21 Å². The number of nitrogens with zero attached hydrogens (tertiary/aromatic N) is 2. The molecule has 0 unspecified atom stereocenters. The van der Waals surface area contributed by atoms with E-state index in [1.807, 2.05) is 5.48 Å². The van der Waals surface area contributed by atoms with E-state index < -0.39 is 0 Å². The maximum atomic E-state index is 8.48. The zero-order valence-corrected chi connectivity index (χ0v) is 6.78. The van der Waals surface area contributed by atoms with Crippen LogP contribution in [0.3, 0.4) is 0 Å². The summed E-state index contributed by atoms with van der Waals surface area (Å²) in [5, 5.41) is 12.5. The van der Waals surface area contributed by atoms with Gasteiger partial charge in [-0.15, -0.1) is 0 Å². The van der Waals surface area contributed by atoms with E-state index >= 15 is 0 Å². The van der Waals surface area contributed by atoms with Crippen LogP contribution < -0.4 is 5.48 Å². The van der Waals surface area contributed by atoms with Gasteiger partial charge in [-0.25, -0.2) is 0 Å². The van der Waals surface area contributed by atoms with Gasteiger partial charge in [0.25, 0.3) is 0 Å². The van der Waals surface area contributed by atoms with Gasteiger partial charge in [-0.1, -0.05) is 13.8 Å². The molecular weight excluding hydrogens is 142 g/mol. The van der Waals surface area contributed by atoms with E-state index in [-0.39, 0.29) is 0 Å². The Kier molecular flexibility index (Phi) is 2.48. The van der Waals surface area contributed by atoms with Gasteiger partial charge in [-0.05, 0) is 5.92 Å². The Hall–Kier alpha value is -1.03. The van der Waals surface area contributed by atoms with E-state index in [1.54, 1.807) is 17.1 Å². The standard InChI is InChI=1S/C7H13N3O/c1-6(2)4-10-5-7(9-11)3-8-10/h3,5-6,9,11H,4H2,1-2H3. The van der Waals surface area contributed by atoms with Gasteiger partial charge < -0.3 is 0 Å². The second-order valence-electron chi connectivity index (χ2n) is 2.96. The first kappa shape index (κ1) is 8.07. The second-order valence-corrected chi connectivity index (χ2v) is 2.96. The Morgan fingerprint density at radius 2 is 2.45 bits per heavy atom. The molecule has 0 fully saturated rings. The van der Waals surface area contributed by atoms with Crippen LogP contribution in [-0.2, 0) is 6.54 Å². The summed E-state index contributed by atoms with van der Waals surface area (Å²) in [6.07, 6.45) is 3.35. The van der Waals surface area contributed by atoms with Crippen molar-refractivity contribution in [1.29, 1.82) is 0 Å². The Bertz CT molecular complexity index is 219. The van der Waals surface area contributed by atoms with E-state index in [0.717, 1.165) is 6.54 Å². The predicted octanol–water partition coefficient (Wildman–Crippen LogP) is 1.34. The van der Waals surface area contributed by atoms with Crippen molar-refractivity contribution in [1.82, 2.24) is 9.78 Å². The van der Waals surface area contributed by atoms with Crippen LogP contribution in [0.2, 0.25) is 0 Å². The van der Waals surface area contributed by atoms with E-state index in [0.29, 0.717) is 11.6 Å². The average molecular weight is 155 g/mol. The molecular formula is C7H13N3O. The highest BCUT2D eigenvalue weighted by atomic mass is 16.5. The maximum absolute atomic E-state index is 8.48. The summed E-state index contributed by atoms with van der Waals surface area (Å²) < 4.78 is 1.79. The van der Waals surface area contributed by atoms with Crippen molar-refractivity contribution in [2.45, 2.75) is 20.4 Å². The van der Waals surface area contributed by atoms with Gasteiger partial charge in [0.1, 0.15) is 0 Å². The number of nitrogens with one attached hydrogen (secondary N) is 1. The maximum Gasteiger partial charge on any atom is 0.0981 e. The van der Waals surface area contributed by atoms with Crippen LogP contribution in [0, 0.1) is 5.92 Å². The minimum Gasteiger partial charge on any atom is -0.291 e. The largest absolute Gasteiger partial charge is 0.291 e. The zero-order chi connectivity index (χ0) is 8.27. The molecule has 4 nitrogen and oxygen atoms in total. The molecule has 0 bridgehead atoms. The summed E-state index contributed by atoms with van der Waals surface area (Å²) in [5.74, 6) is 0.571. The molecule has 1 heterocycles. The molecule has 4 heteroatoms. The lowest BCUT2D eigenvalue weighted by Crippen LogP contribution is -2.04. The van der Waals surface area contributed by atoms with Crippen molar-refractivity contribution in [3.05, 3.63) is 12.4 Å². The molecule has 11 heavy (non-hydrogen) atoms. The van der Waals surface area contributed by atoms with Crippen LogP contribution in [0.15, 0.2) is 12.4 Å². The molecule has 0 radical (unpaired) electrons. The Morgan fingerprint density at radius 3 is 2.91 bits per heavy atom. The first-order chi connectivity index (χ1) is 5.22. The van der Waals surface area contributed by atoms with Crippen LogP contribution in [0.4, 0.5) is 5.69 Å². The normalized spacial score (nSPS) is 10.5. The molecule has 0 aromatic carbocycles. The average Bonchev–Trinajstić information content (AvgIpc) is 2.34. The molecule has 0 saturated carbocycles. The highest BCUT2D eigenvalue weighted by Crippen LogP contribution is 2.04. The number of rotatable bonds is 3. The van der Waals surface area contributed by atoms with Crippen molar-refractivity contribution >= 4 is 5.69 Å². The third-order valence-electron chi connectivity index (χ3n) is 1.31. The van der Waals surface area contributed by atoms with Gasteiger partial charge in [0.15, 0.2) is 0 Å².